The van der Waals surface area contributed by atoms with Gasteiger partial charge in [-0.15, -0.1) is 0 Å². The Morgan fingerprint density at radius 3 is 1.13 bits per heavy atom. The molecule has 0 aromatic heterocycles. The zero-order valence-electron chi connectivity index (χ0n) is 17.0. The minimum absolute atomic E-state index is 0.00624. The Balaban J connectivity index is 2.03. The summed E-state index contributed by atoms with van der Waals surface area (Å²) in [7, 11) is 0. The molecule has 0 amide bonds. The first-order valence-electron chi connectivity index (χ1n) is 10.2. The van der Waals surface area contributed by atoms with Gasteiger partial charge >= 0.3 is 0 Å². The number of rotatable bonds is 0. The Morgan fingerprint density at radius 1 is 0.400 bits per heavy atom. The third-order valence-corrected chi connectivity index (χ3v) is 7.93. The van der Waals surface area contributed by atoms with Crippen molar-refractivity contribution in [1.82, 2.24) is 0 Å². The van der Waals surface area contributed by atoms with Crippen LogP contribution in [0.2, 0.25) is 0 Å². The summed E-state index contributed by atoms with van der Waals surface area (Å²) >= 11 is 0. The van der Waals surface area contributed by atoms with Crippen molar-refractivity contribution in [3.63, 3.8) is 0 Å². The lowest BCUT2D eigenvalue weighted by Gasteiger charge is -2.34. The van der Waals surface area contributed by atoms with Gasteiger partial charge in [-0.05, 0) is 60.7 Å². The third kappa shape index (κ3) is 1.35. The molecule has 6 aliphatic rings. The van der Waals surface area contributed by atoms with Gasteiger partial charge in [-0.1, -0.05) is 0 Å². The fourth-order valence-electron chi connectivity index (χ4n) is 6.27. The van der Waals surface area contributed by atoms with Crippen molar-refractivity contribution in [2.75, 3.05) is 0 Å². The lowest BCUT2D eigenvalue weighted by molar-refractivity contribution is 1.04. The second-order valence-electron chi connectivity index (χ2n) is 9.08. The summed E-state index contributed by atoms with van der Waals surface area (Å²) in [5.41, 5.74) is 8.54. The number of benzene rings is 5. The summed E-state index contributed by atoms with van der Waals surface area (Å²) in [6.07, 6.45) is 1.00. The van der Waals surface area contributed by atoms with Crippen LogP contribution >= 0.6 is 0 Å². The maximum Gasteiger partial charge on any atom is 0.190 e. The molecule has 0 saturated heterocycles. The van der Waals surface area contributed by atoms with E-state index in [1.165, 1.54) is 0 Å². The molecule has 4 nitrogen and oxygen atoms in total. The molecule has 0 aliphatic heterocycles. The van der Waals surface area contributed by atoms with Crippen molar-refractivity contribution in [2.45, 2.75) is 40.5 Å². The van der Waals surface area contributed by atoms with Crippen LogP contribution in [0.25, 0.3) is 43.8 Å². The van der Waals surface area contributed by atoms with E-state index < -0.39 is 0 Å². The molecule has 1 aromatic rings. The molecule has 0 heterocycles. The van der Waals surface area contributed by atoms with Crippen LogP contribution in [0.15, 0.2) is 19.2 Å². The lowest BCUT2D eigenvalue weighted by Crippen LogP contribution is -2.32. The van der Waals surface area contributed by atoms with Gasteiger partial charge in [0.05, 0.1) is 0 Å². The van der Waals surface area contributed by atoms with E-state index in [4.69, 9.17) is 0 Å². The quantitative estimate of drug-likeness (QED) is 0.294. The Labute approximate surface area is 170 Å². The number of hydrogen-bond acceptors (Lipinski definition) is 4. The van der Waals surface area contributed by atoms with Gasteiger partial charge in [0.2, 0.25) is 0 Å². The number of fused-ring (bicyclic) bond motifs is 2. The molecule has 6 aliphatic carbocycles. The summed E-state index contributed by atoms with van der Waals surface area (Å²) in [5.74, 6) is 0. The molecule has 4 heteroatoms. The zero-order chi connectivity index (χ0) is 21.0. The molecular weight excluding hydrogens is 376 g/mol. The van der Waals surface area contributed by atoms with Gasteiger partial charge < -0.3 is 0 Å². The molecule has 0 bridgehead atoms. The highest BCUT2D eigenvalue weighted by Crippen LogP contribution is 2.53. The van der Waals surface area contributed by atoms with Crippen LogP contribution in [0, 0.1) is 27.7 Å². The highest BCUT2D eigenvalue weighted by atomic mass is 16.1. The Bertz CT molecular complexity index is 1710. The Morgan fingerprint density at radius 2 is 0.767 bits per heavy atom. The molecule has 0 fully saturated rings. The van der Waals surface area contributed by atoms with E-state index in [-0.39, 0.29) is 21.7 Å². The monoisotopic (exact) mass is 392 g/mol. The first-order valence-corrected chi connectivity index (χ1v) is 10.2. The van der Waals surface area contributed by atoms with Gasteiger partial charge in [0, 0.05) is 68.1 Å². The average molecular weight is 392 g/mol. The Hall–Kier alpha value is -3.40. The highest BCUT2D eigenvalue weighted by molar-refractivity contribution is 6.26. The molecule has 7 rings (SSSR count). The smallest absolute Gasteiger partial charge is 0.190 e. The Kier molecular flexibility index (Phi) is 2.47. The largest absolute Gasteiger partial charge is 0.289 e. The van der Waals surface area contributed by atoms with Gasteiger partial charge in [-0.3, -0.25) is 19.2 Å². The summed E-state index contributed by atoms with van der Waals surface area (Å²) in [6, 6.07) is 0. The lowest BCUT2D eigenvalue weighted by atomic mass is 9.66. The van der Waals surface area contributed by atoms with Crippen LogP contribution in [0.1, 0.15) is 44.5 Å². The van der Waals surface area contributed by atoms with Gasteiger partial charge in [-0.25, -0.2) is 0 Å². The summed E-state index contributed by atoms with van der Waals surface area (Å²) < 4.78 is 0. The van der Waals surface area contributed by atoms with Crippen molar-refractivity contribution in [2.24, 2.45) is 0 Å². The molecule has 144 valence electrons. The van der Waals surface area contributed by atoms with Crippen LogP contribution in [0.5, 0.6) is 0 Å². The van der Waals surface area contributed by atoms with Crippen molar-refractivity contribution < 1.29 is 0 Å². The second-order valence-corrected chi connectivity index (χ2v) is 9.08. The first kappa shape index (κ1) is 16.4. The average Bonchev–Trinajstić information content (AvgIpc) is 2.66. The standard InChI is InChI=1S/C26H16O4/c1-7-11-5-13-17(11)19-15(9(3)23(13)27)16-10(4)24(28)14-6-12-8(2)26(30)22(20(16)18(12)14)21(19)25(7)29/h5-6H2,1-4H3. The van der Waals surface area contributed by atoms with Gasteiger partial charge in [0.1, 0.15) is 0 Å². The molecule has 0 saturated carbocycles. The maximum atomic E-state index is 13.5. The predicted molar refractivity (Wildman–Crippen MR) is 118 cm³/mol. The van der Waals surface area contributed by atoms with E-state index in [2.05, 4.69) is 0 Å². The van der Waals surface area contributed by atoms with Crippen molar-refractivity contribution in [1.29, 1.82) is 0 Å². The van der Waals surface area contributed by atoms with Crippen LogP contribution in [0.4, 0.5) is 0 Å². The molecule has 30 heavy (non-hydrogen) atoms. The van der Waals surface area contributed by atoms with E-state index in [9.17, 15) is 19.2 Å². The summed E-state index contributed by atoms with van der Waals surface area (Å²) in [4.78, 5) is 53.4. The molecule has 0 N–H and O–H groups in total. The SMILES string of the molecule is Cc1c2c3c(c(=O)c(C)c4c-3c(c1=O)c1c3c4c(C)c(=O)c4c-3c(c(C)c1=O)C4)C2. The normalized spacial score (nSPS) is 14.3. The van der Waals surface area contributed by atoms with Gasteiger partial charge in [0.25, 0.3) is 0 Å². The van der Waals surface area contributed by atoms with Crippen molar-refractivity contribution in [3.05, 3.63) is 85.4 Å². The second kappa shape index (κ2) is 4.51. The van der Waals surface area contributed by atoms with Crippen LogP contribution in [-0.4, -0.2) is 0 Å². The minimum Gasteiger partial charge on any atom is -0.289 e. The fourth-order valence-corrected chi connectivity index (χ4v) is 6.27. The molecule has 1 aromatic carbocycles. The van der Waals surface area contributed by atoms with Gasteiger partial charge in [-0.2, -0.15) is 0 Å². The van der Waals surface area contributed by atoms with Crippen molar-refractivity contribution in [3.8, 4) is 22.3 Å². The first-order chi connectivity index (χ1) is 14.3. The number of hydrogen-bond donors (Lipinski definition) is 0. The van der Waals surface area contributed by atoms with Crippen molar-refractivity contribution >= 4 is 21.5 Å². The third-order valence-electron chi connectivity index (χ3n) is 7.93. The van der Waals surface area contributed by atoms with Crippen LogP contribution in [-0.2, 0) is 12.8 Å². The minimum atomic E-state index is -0.121. The van der Waals surface area contributed by atoms with E-state index in [0.717, 1.165) is 33.4 Å². The topological polar surface area (TPSA) is 68.3 Å². The number of aryl methyl sites for hydroxylation is 2. The van der Waals surface area contributed by atoms with E-state index >= 15 is 0 Å². The maximum absolute atomic E-state index is 13.5. The molecule has 0 radical (unpaired) electrons. The molecule has 0 unspecified atom stereocenters. The predicted octanol–water partition coefficient (Wildman–Crippen LogP) is 3.00. The van der Waals surface area contributed by atoms with E-state index in [1.54, 1.807) is 27.7 Å². The zero-order valence-corrected chi connectivity index (χ0v) is 17.0. The van der Waals surface area contributed by atoms with Crippen LogP contribution in [0.3, 0.4) is 0 Å². The fraction of sp³-hybridized carbons (Fsp3) is 0.231. The molecule has 0 spiro atoms. The molecule has 0 atom stereocenters. The van der Waals surface area contributed by atoms with E-state index in [1.807, 2.05) is 0 Å². The van der Waals surface area contributed by atoms with Crippen LogP contribution < -0.4 is 21.7 Å². The highest BCUT2D eigenvalue weighted by Gasteiger charge is 2.40. The summed E-state index contributed by atoms with van der Waals surface area (Å²) in [6.45, 7) is 7.16. The van der Waals surface area contributed by atoms with Gasteiger partial charge in [0.15, 0.2) is 21.7 Å². The van der Waals surface area contributed by atoms with E-state index in [0.29, 0.717) is 67.8 Å². The summed E-state index contributed by atoms with van der Waals surface area (Å²) in [5, 5.41) is 2.27. The molecular formula is C26H16O4.